The number of hydrogen-bond donors (Lipinski definition) is 1. The molecular formula is C4H10NO2P. The second-order valence-electron chi connectivity index (χ2n) is 1.61. The molecule has 0 bridgehead atoms. The molecule has 0 fully saturated rings. The molecule has 1 N–H and O–H groups in total. The van der Waals surface area contributed by atoms with Crippen LogP contribution in [0.15, 0.2) is 0 Å². The minimum Gasteiger partial charge on any atom is -0.389 e. The third kappa shape index (κ3) is 4.19. The van der Waals surface area contributed by atoms with E-state index in [2.05, 4.69) is 9.39 Å². The maximum atomic E-state index is 10.3. The van der Waals surface area contributed by atoms with Gasteiger partial charge in [-0.25, -0.2) is 0 Å². The normalized spacial score (nSPS) is 10.0. The lowest BCUT2D eigenvalue weighted by atomic mass is 10.4. The lowest BCUT2D eigenvalue weighted by molar-refractivity contribution is -0.121. The van der Waals surface area contributed by atoms with Gasteiger partial charge in [-0.3, -0.25) is 9.46 Å². The van der Waals surface area contributed by atoms with Gasteiger partial charge in [0.05, 0.1) is 6.54 Å². The van der Waals surface area contributed by atoms with Crippen molar-refractivity contribution in [3.05, 3.63) is 0 Å². The summed E-state index contributed by atoms with van der Waals surface area (Å²) in [4.78, 5) is 10.3. The zero-order valence-electron chi connectivity index (χ0n) is 4.79. The molecule has 0 spiro atoms. The summed E-state index contributed by atoms with van der Waals surface area (Å²) in [7, 11) is 4.08. The third-order valence-corrected chi connectivity index (χ3v) is 0.785. The Morgan fingerprint density at radius 3 is 2.50 bits per heavy atom. The van der Waals surface area contributed by atoms with Crippen LogP contribution in [0.25, 0.3) is 0 Å². The van der Waals surface area contributed by atoms with E-state index in [0.717, 1.165) is 0 Å². The van der Waals surface area contributed by atoms with E-state index in [1.54, 1.807) is 11.7 Å². The fourth-order valence-electron chi connectivity index (χ4n) is 0.328. The van der Waals surface area contributed by atoms with Gasteiger partial charge >= 0.3 is 0 Å². The Bertz CT molecular complexity index is 84.1. The summed E-state index contributed by atoms with van der Waals surface area (Å²) >= 11 is 0. The molecule has 0 aromatic rings. The monoisotopic (exact) mass is 135 g/mol. The lowest BCUT2D eigenvalue weighted by Gasteiger charge is -2.04. The number of nitrogens with zero attached hydrogens (tertiary/aromatic N) is 1. The van der Waals surface area contributed by atoms with Gasteiger partial charge in [0.15, 0.2) is 5.78 Å². The first-order valence-corrected chi connectivity index (χ1v) is 2.77. The molecule has 0 heterocycles. The highest BCUT2D eigenvalue weighted by Crippen LogP contribution is 1.89. The van der Waals surface area contributed by atoms with Gasteiger partial charge in [-0.1, -0.05) is 9.39 Å². The van der Waals surface area contributed by atoms with Gasteiger partial charge in [-0.15, -0.1) is 0 Å². The first kappa shape index (κ1) is 8.02. The molecule has 0 aliphatic carbocycles. The Hall–Kier alpha value is 0.0200. The molecule has 1 atom stereocenters. The van der Waals surface area contributed by atoms with Gasteiger partial charge in [0.25, 0.3) is 0 Å². The third-order valence-electron chi connectivity index (χ3n) is 0.602. The van der Waals surface area contributed by atoms with Crippen LogP contribution >= 0.6 is 9.39 Å². The van der Waals surface area contributed by atoms with E-state index < -0.39 is 0 Å². The van der Waals surface area contributed by atoms with Gasteiger partial charge in [0.2, 0.25) is 0 Å². The largest absolute Gasteiger partial charge is 0.389 e. The van der Waals surface area contributed by atoms with E-state index in [4.69, 9.17) is 5.11 Å². The Labute approximate surface area is 50.9 Å². The Morgan fingerprint density at radius 1 is 1.88 bits per heavy atom. The van der Waals surface area contributed by atoms with Crippen LogP contribution in [0.4, 0.5) is 0 Å². The quantitative estimate of drug-likeness (QED) is 0.518. The number of aliphatic hydroxyl groups excluding tert-OH is 1. The molecule has 0 aromatic heterocycles. The van der Waals surface area contributed by atoms with Crippen molar-refractivity contribution < 1.29 is 9.90 Å². The number of rotatable bonds is 3. The zero-order valence-corrected chi connectivity index (χ0v) is 5.95. The minimum atomic E-state index is -0.362. The number of hydrogen-bond acceptors (Lipinski definition) is 3. The van der Waals surface area contributed by atoms with E-state index in [1.165, 1.54) is 0 Å². The average molecular weight is 135 g/mol. The smallest absolute Gasteiger partial charge is 0.172 e. The van der Waals surface area contributed by atoms with E-state index in [0.29, 0.717) is 6.54 Å². The summed E-state index contributed by atoms with van der Waals surface area (Å²) in [5.74, 6) is -0.164. The van der Waals surface area contributed by atoms with Gasteiger partial charge < -0.3 is 5.11 Å². The second-order valence-corrected chi connectivity index (χ2v) is 2.49. The molecule has 0 rings (SSSR count). The van der Waals surface area contributed by atoms with Crippen LogP contribution in [0, 0.1) is 0 Å². The van der Waals surface area contributed by atoms with Crippen molar-refractivity contribution >= 4 is 15.2 Å². The van der Waals surface area contributed by atoms with Gasteiger partial charge in [-0.2, -0.15) is 0 Å². The van der Waals surface area contributed by atoms with E-state index in [1.807, 2.05) is 0 Å². The summed E-state index contributed by atoms with van der Waals surface area (Å²) in [6.45, 7) is -0.0695. The summed E-state index contributed by atoms with van der Waals surface area (Å²) in [6.07, 6.45) is 0. The molecule has 3 nitrogen and oxygen atoms in total. The maximum absolute atomic E-state index is 10.3. The Morgan fingerprint density at radius 2 is 2.38 bits per heavy atom. The molecule has 8 heavy (non-hydrogen) atoms. The van der Waals surface area contributed by atoms with Crippen LogP contribution in [0.2, 0.25) is 0 Å². The van der Waals surface area contributed by atoms with Crippen LogP contribution in [-0.2, 0) is 4.79 Å². The topological polar surface area (TPSA) is 40.5 Å². The van der Waals surface area contributed by atoms with Crippen molar-refractivity contribution in [2.75, 3.05) is 20.2 Å². The molecule has 0 saturated carbocycles. The van der Waals surface area contributed by atoms with Crippen molar-refractivity contribution in [3.8, 4) is 0 Å². The highest BCUT2D eigenvalue weighted by Gasteiger charge is 1.98. The van der Waals surface area contributed by atoms with Gasteiger partial charge in [-0.05, 0) is 7.05 Å². The predicted molar refractivity (Wildman–Crippen MR) is 34.4 cm³/mol. The van der Waals surface area contributed by atoms with E-state index in [9.17, 15) is 4.79 Å². The SMILES string of the molecule is CN(P)CC(=O)CO. The maximum Gasteiger partial charge on any atom is 0.172 e. The number of carbonyl (C=O) groups excluding carboxylic acids is 1. The highest BCUT2D eigenvalue weighted by atomic mass is 31.0. The van der Waals surface area contributed by atoms with Crippen LogP contribution < -0.4 is 0 Å². The first-order chi connectivity index (χ1) is 3.66. The number of Topliss-reactive ketones (excluding diaryl/α,β-unsaturated/α-hetero) is 1. The minimum absolute atomic E-state index is 0.164. The molecule has 48 valence electrons. The predicted octanol–water partition coefficient (Wildman–Crippen LogP) is -0.730. The molecular weight excluding hydrogens is 125 g/mol. The van der Waals surface area contributed by atoms with Gasteiger partial charge in [0.1, 0.15) is 6.61 Å². The number of carbonyl (C=O) groups is 1. The van der Waals surface area contributed by atoms with Crippen LogP contribution in [-0.4, -0.2) is 35.8 Å². The molecule has 0 amide bonds. The Kier molecular flexibility index (Phi) is 3.97. The van der Waals surface area contributed by atoms with Crippen LogP contribution in [0.1, 0.15) is 0 Å². The van der Waals surface area contributed by atoms with Crippen LogP contribution in [0.5, 0.6) is 0 Å². The average Bonchev–Trinajstić information content (AvgIpc) is 1.65. The number of ketones is 1. The number of aliphatic hydroxyl groups is 1. The summed E-state index contributed by atoms with van der Waals surface area (Å²) in [5, 5.41) is 8.20. The van der Waals surface area contributed by atoms with Crippen molar-refractivity contribution in [1.29, 1.82) is 0 Å². The molecule has 0 aromatic carbocycles. The van der Waals surface area contributed by atoms with Gasteiger partial charge in [0, 0.05) is 0 Å². The van der Waals surface area contributed by atoms with E-state index >= 15 is 0 Å². The molecule has 1 unspecified atom stereocenters. The molecule has 0 aliphatic rings. The number of likely N-dealkylation sites (N-methyl/N-ethyl adjacent to an activating group) is 1. The zero-order chi connectivity index (χ0) is 6.57. The second kappa shape index (κ2) is 3.96. The van der Waals surface area contributed by atoms with Crippen molar-refractivity contribution in [2.45, 2.75) is 0 Å². The summed E-state index contributed by atoms with van der Waals surface area (Å²) in [5.41, 5.74) is 0. The first-order valence-electron chi connectivity index (χ1n) is 2.25. The van der Waals surface area contributed by atoms with Crippen LogP contribution in [0.3, 0.4) is 0 Å². The van der Waals surface area contributed by atoms with Crippen molar-refractivity contribution in [3.63, 3.8) is 0 Å². The molecule has 4 heteroatoms. The van der Waals surface area contributed by atoms with E-state index in [-0.39, 0.29) is 12.4 Å². The summed E-state index contributed by atoms with van der Waals surface area (Å²) < 4.78 is 1.64. The molecule has 0 aliphatic heterocycles. The highest BCUT2D eigenvalue weighted by molar-refractivity contribution is 7.13. The fraction of sp³-hybridized carbons (Fsp3) is 0.750. The summed E-state index contributed by atoms with van der Waals surface area (Å²) in [6, 6.07) is 0. The molecule has 0 saturated heterocycles. The van der Waals surface area contributed by atoms with Crippen molar-refractivity contribution in [2.24, 2.45) is 0 Å². The molecule has 0 radical (unpaired) electrons. The lowest BCUT2D eigenvalue weighted by Crippen LogP contribution is -2.19. The standard InChI is InChI=1S/C4H10NO2P/c1-5(8)2-4(7)3-6/h6H,2-3,8H2,1H3. The fourth-order valence-corrected chi connectivity index (χ4v) is 0.532. The van der Waals surface area contributed by atoms with Crippen molar-refractivity contribution in [1.82, 2.24) is 4.67 Å². The Balaban J connectivity index is 3.25.